The number of halogens is 2. The summed E-state index contributed by atoms with van der Waals surface area (Å²) in [6, 6.07) is 10.9. The second-order valence-corrected chi connectivity index (χ2v) is 11.4. The Bertz CT molecular complexity index is 1160. The molecule has 1 saturated heterocycles. The molecule has 0 spiro atoms. The third-order valence-corrected chi connectivity index (χ3v) is 8.44. The SMILES string of the molecule is COc1cc(CN(CC2CC2)C(CC(=O)O)c2ccc(Cl)c(Cl)c2)ccc1SCCN1C(=O)CCC1=O. The number of carbonyl (C=O) groups excluding carboxylic acids is 2. The summed E-state index contributed by atoms with van der Waals surface area (Å²) in [4.78, 5) is 40.0. The van der Waals surface area contributed by atoms with Crippen LogP contribution < -0.4 is 4.74 Å². The number of carbonyl (C=O) groups is 3. The fourth-order valence-electron chi connectivity index (χ4n) is 4.56. The molecule has 2 aliphatic rings. The van der Waals surface area contributed by atoms with E-state index in [9.17, 15) is 19.5 Å². The largest absolute Gasteiger partial charge is 0.496 e. The molecule has 0 aromatic heterocycles. The number of aliphatic carboxylic acids is 1. The minimum absolute atomic E-state index is 0.0519. The normalized spacial score (nSPS) is 16.5. The van der Waals surface area contributed by atoms with E-state index in [0.29, 0.717) is 53.4 Å². The number of hydrogen-bond donors (Lipinski definition) is 1. The first-order chi connectivity index (χ1) is 17.7. The Hall–Kier alpha value is -2.26. The zero-order valence-corrected chi connectivity index (χ0v) is 22.9. The van der Waals surface area contributed by atoms with Gasteiger partial charge >= 0.3 is 5.97 Å². The summed E-state index contributed by atoms with van der Waals surface area (Å²) in [6.45, 7) is 1.71. The Labute approximate surface area is 231 Å². The highest BCUT2D eigenvalue weighted by molar-refractivity contribution is 7.99. The van der Waals surface area contributed by atoms with Gasteiger partial charge in [0.05, 0.1) is 23.6 Å². The van der Waals surface area contributed by atoms with E-state index in [2.05, 4.69) is 4.90 Å². The number of rotatable bonds is 13. The van der Waals surface area contributed by atoms with Crippen molar-refractivity contribution in [3.05, 3.63) is 57.6 Å². The maximum absolute atomic E-state index is 11.9. The molecule has 1 aliphatic carbocycles. The van der Waals surface area contributed by atoms with Gasteiger partial charge in [0.2, 0.25) is 11.8 Å². The van der Waals surface area contributed by atoms with Crippen LogP contribution in [0.3, 0.4) is 0 Å². The van der Waals surface area contributed by atoms with Crippen LogP contribution in [0.5, 0.6) is 5.75 Å². The fraction of sp³-hybridized carbons (Fsp3) is 0.444. The molecule has 1 unspecified atom stereocenters. The standard InChI is InChI=1S/C27H30Cl2N2O5S/c1-36-23-12-18(4-7-24(23)37-11-10-31-25(32)8-9-26(31)33)16-30(15-17-2-3-17)22(14-27(34)35)19-5-6-20(28)21(29)13-19/h4-7,12-13,17,22H,2-3,8-11,14-16H2,1H3,(H,34,35). The summed E-state index contributed by atoms with van der Waals surface area (Å²) in [6.07, 6.45) is 2.81. The second kappa shape index (κ2) is 12.5. The zero-order chi connectivity index (χ0) is 26.5. The van der Waals surface area contributed by atoms with E-state index in [1.165, 1.54) is 16.7 Å². The molecule has 1 aliphatic heterocycles. The summed E-state index contributed by atoms with van der Waals surface area (Å²) in [5.41, 5.74) is 1.82. The highest BCUT2D eigenvalue weighted by Crippen LogP contribution is 2.37. The predicted molar refractivity (Wildman–Crippen MR) is 144 cm³/mol. The van der Waals surface area contributed by atoms with Crippen molar-refractivity contribution in [1.82, 2.24) is 9.80 Å². The molecule has 1 N–H and O–H groups in total. The number of carboxylic acids is 1. The van der Waals surface area contributed by atoms with Crippen LogP contribution in [0, 0.1) is 5.92 Å². The van der Waals surface area contributed by atoms with E-state index in [-0.39, 0.29) is 24.3 Å². The van der Waals surface area contributed by atoms with Gasteiger partial charge in [-0.3, -0.25) is 24.2 Å². The Morgan fingerprint density at radius 3 is 2.49 bits per heavy atom. The molecule has 2 fully saturated rings. The van der Waals surface area contributed by atoms with Gasteiger partial charge in [-0.25, -0.2) is 0 Å². The minimum atomic E-state index is -0.879. The van der Waals surface area contributed by atoms with Crippen molar-refractivity contribution in [2.24, 2.45) is 5.92 Å². The molecule has 1 saturated carbocycles. The first kappa shape index (κ1) is 27.8. The first-order valence-corrected chi connectivity index (χ1v) is 14.0. The number of methoxy groups -OCH3 is 1. The predicted octanol–water partition coefficient (Wildman–Crippen LogP) is 5.67. The van der Waals surface area contributed by atoms with Gasteiger partial charge in [-0.15, -0.1) is 11.8 Å². The monoisotopic (exact) mass is 564 g/mol. The fourth-order valence-corrected chi connectivity index (χ4v) is 5.81. The molecule has 0 radical (unpaired) electrons. The van der Waals surface area contributed by atoms with E-state index in [0.717, 1.165) is 35.4 Å². The van der Waals surface area contributed by atoms with E-state index >= 15 is 0 Å². The second-order valence-electron chi connectivity index (χ2n) is 9.43. The van der Waals surface area contributed by atoms with Gasteiger partial charge in [-0.1, -0.05) is 35.3 Å². The van der Waals surface area contributed by atoms with Crippen molar-refractivity contribution >= 4 is 52.7 Å². The van der Waals surface area contributed by atoms with E-state index in [1.807, 2.05) is 24.3 Å². The zero-order valence-electron chi connectivity index (χ0n) is 20.6. The van der Waals surface area contributed by atoms with Gasteiger partial charge in [0.1, 0.15) is 5.75 Å². The molecule has 1 atom stereocenters. The molecule has 10 heteroatoms. The van der Waals surface area contributed by atoms with Gasteiger partial charge in [0.15, 0.2) is 0 Å². The number of thioether (sulfide) groups is 1. The van der Waals surface area contributed by atoms with Gasteiger partial charge in [0, 0.05) is 49.2 Å². The molecule has 7 nitrogen and oxygen atoms in total. The van der Waals surface area contributed by atoms with Crippen LogP contribution in [0.2, 0.25) is 10.0 Å². The minimum Gasteiger partial charge on any atom is -0.496 e. The molecule has 2 aromatic carbocycles. The number of nitrogens with zero attached hydrogens (tertiary/aromatic N) is 2. The van der Waals surface area contributed by atoms with E-state index < -0.39 is 5.97 Å². The van der Waals surface area contributed by atoms with Crippen LogP contribution in [-0.4, -0.2) is 58.6 Å². The lowest BCUT2D eigenvalue weighted by Gasteiger charge is -2.32. The smallest absolute Gasteiger partial charge is 0.305 e. The molecule has 37 heavy (non-hydrogen) atoms. The summed E-state index contributed by atoms with van der Waals surface area (Å²) >= 11 is 13.9. The van der Waals surface area contributed by atoms with Crippen molar-refractivity contribution in [3.63, 3.8) is 0 Å². The molecular formula is C27H30Cl2N2O5S. The van der Waals surface area contributed by atoms with E-state index in [4.69, 9.17) is 27.9 Å². The average Bonchev–Trinajstić information content (AvgIpc) is 3.63. The highest BCUT2D eigenvalue weighted by atomic mass is 35.5. The lowest BCUT2D eigenvalue weighted by molar-refractivity contribution is -0.139. The topological polar surface area (TPSA) is 87.2 Å². The van der Waals surface area contributed by atoms with Crippen LogP contribution >= 0.6 is 35.0 Å². The van der Waals surface area contributed by atoms with Gasteiger partial charge in [-0.05, 0) is 54.2 Å². The molecule has 1 heterocycles. The average molecular weight is 566 g/mol. The Kier molecular flexibility index (Phi) is 9.40. The third kappa shape index (κ3) is 7.41. The Morgan fingerprint density at radius 1 is 1.14 bits per heavy atom. The molecule has 198 valence electrons. The highest BCUT2D eigenvalue weighted by Gasteiger charge is 2.31. The molecule has 2 amide bonds. The number of carboxylic acid groups (broad SMARTS) is 1. The number of ether oxygens (including phenoxy) is 1. The van der Waals surface area contributed by atoms with Crippen molar-refractivity contribution in [2.75, 3.05) is 26.0 Å². The van der Waals surface area contributed by atoms with Crippen molar-refractivity contribution in [3.8, 4) is 5.75 Å². The van der Waals surface area contributed by atoms with Gasteiger partial charge in [-0.2, -0.15) is 0 Å². The Balaban J connectivity index is 1.50. The number of hydrogen-bond acceptors (Lipinski definition) is 6. The van der Waals surface area contributed by atoms with E-state index in [1.54, 1.807) is 19.2 Å². The van der Waals surface area contributed by atoms with Crippen LogP contribution in [0.15, 0.2) is 41.3 Å². The molecular weight excluding hydrogens is 535 g/mol. The van der Waals surface area contributed by atoms with Crippen molar-refractivity contribution in [2.45, 2.75) is 49.6 Å². The number of benzene rings is 2. The van der Waals surface area contributed by atoms with Gasteiger partial charge < -0.3 is 9.84 Å². The lowest BCUT2D eigenvalue weighted by atomic mass is 10.0. The van der Waals surface area contributed by atoms with Crippen LogP contribution in [0.4, 0.5) is 0 Å². The van der Waals surface area contributed by atoms with Crippen LogP contribution in [-0.2, 0) is 20.9 Å². The van der Waals surface area contributed by atoms with Crippen LogP contribution in [0.1, 0.15) is 49.3 Å². The Morgan fingerprint density at radius 2 is 1.86 bits per heavy atom. The number of likely N-dealkylation sites (tertiary alicyclic amines) is 1. The summed E-state index contributed by atoms with van der Waals surface area (Å²) < 4.78 is 5.65. The quantitative estimate of drug-likeness (QED) is 0.247. The number of imide groups is 1. The first-order valence-electron chi connectivity index (χ1n) is 12.3. The van der Waals surface area contributed by atoms with Crippen molar-refractivity contribution < 1.29 is 24.2 Å². The summed E-state index contributed by atoms with van der Waals surface area (Å²) in [5.74, 6) is 0.738. The van der Waals surface area contributed by atoms with Gasteiger partial charge in [0.25, 0.3) is 0 Å². The summed E-state index contributed by atoms with van der Waals surface area (Å²) in [7, 11) is 1.61. The third-order valence-electron chi connectivity index (χ3n) is 6.67. The lowest BCUT2D eigenvalue weighted by Crippen LogP contribution is -2.32. The molecule has 0 bridgehead atoms. The summed E-state index contributed by atoms with van der Waals surface area (Å²) in [5, 5.41) is 10.5. The van der Waals surface area contributed by atoms with Crippen molar-refractivity contribution in [1.29, 1.82) is 0 Å². The molecule has 2 aromatic rings. The number of amides is 2. The van der Waals surface area contributed by atoms with Crippen LogP contribution in [0.25, 0.3) is 0 Å². The maximum atomic E-state index is 11.9. The maximum Gasteiger partial charge on any atom is 0.305 e. The molecule has 4 rings (SSSR count).